The van der Waals surface area contributed by atoms with Crippen LogP contribution in [-0.4, -0.2) is 86.3 Å². The fraction of sp³-hybridized carbons (Fsp3) is 0.600. The van der Waals surface area contributed by atoms with Gasteiger partial charge in [0.15, 0.2) is 0 Å². The van der Waals surface area contributed by atoms with Crippen LogP contribution in [0.2, 0.25) is 0 Å². The predicted octanol–water partition coefficient (Wildman–Crippen LogP) is 3.38. The standard InChI is InChI=1S/C35H50N4O7/c1-19-27-15-24(35(27,3)4)16-28(19)36-34(43)31-30(20(2)41)29(18-40)46-39(31)17-21-10-9-11-26(32(21)44-7)22-12-23(33(42)37-45-8)14-25(13-22)38(5)6/h9-14,19-20,24,27-31,40-41H,15-18H2,1-8H3,(H,36,43)(H,37,42)/t19-,20-,24+,27-,28-,29-,30+,31-/m0/s1. The Balaban J connectivity index is 1.46. The summed E-state index contributed by atoms with van der Waals surface area (Å²) in [6, 6.07) is 10.4. The highest BCUT2D eigenvalue weighted by molar-refractivity contribution is 5.96. The van der Waals surface area contributed by atoms with Crippen molar-refractivity contribution < 1.29 is 34.2 Å². The number of amides is 2. The summed E-state index contributed by atoms with van der Waals surface area (Å²) < 4.78 is 5.96. The summed E-state index contributed by atoms with van der Waals surface area (Å²) in [4.78, 5) is 39.8. The number of anilines is 1. The number of aliphatic hydroxyl groups excluding tert-OH is 2. The topological polar surface area (TPSA) is 133 Å². The third-order valence-corrected chi connectivity index (χ3v) is 10.9. The maximum absolute atomic E-state index is 14.1. The Hall–Kier alpha value is -3.22. The molecular formula is C35H50N4O7. The number of nitrogens with zero attached hydrogens (tertiary/aromatic N) is 2. The first-order chi connectivity index (χ1) is 21.8. The smallest absolute Gasteiger partial charge is 0.274 e. The molecule has 0 spiro atoms. The first kappa shape index (κ1) is 34.1. The number of nitrogens with one attached hydrogen (secondary N) is 2. The predicted molar refractivity (Wildman–Crippen MR) is 175 cm³/mol. The molecule has 1 aliphatic heterocycles. The molecule has 8 atom stereocenters. The average molecular weight is 639 g/mol. The minimum Gasteiger partial charge on any atom is -0.496 e. The van der Waals surface area contributed by atoms with Crippen molar-refractivity contribution in [3.8, 4) is 16.9 Å². The Bertz CT molecular complexity index is 1430. The Morgan fingerprint density at radius 3 is 2.50 bits per heavy atom. The number of carbonyl (C=O) groups excluding carboxylic acids is 2. The van der Waals surface area contributed by atoms with Crippen molar-refractivity contribution in [2.45, 2.75) is 71.4 Å². The van der Waals surface area contributed by atoms with Crippen LogP contribution in [0.15, 0.2) is 36.4 Å². The molecule has 0 unspecified atom stereocenters. The number of aliphatic hydroxyl groups is 2. The number of benzene rings is 2. The van der Waals surface area contributed by atoms with Gasteiger partial charge >= 0.3 is 0 Å². The van der Waals surface area contributed by atoms with Crippen molar-refractivity contribution in [3.63, 3.8) is 0 Å². The number of carbonyl (C=O) groups is 2. The van der Waals surface area contributed by atoms with Gasteiger partial charge in [0.1, 0.15) is 17.9 Å². The van der Waals surface area contributed by atoms with Gasteiger partial charge in [-0.2, -0.15) is 5.06 Å². The summed E-state index contributed by atoms with van der Waals surface area (Å²) in [5.41, 5.74) is 6.15. The normalized spacial score (nSPS) is 29.0. The van der Waals surface area contributed by atoms with E-state index >= 15 is 0 Å². The Morgan fingerprint density at radius 2 is 1.91 bits per heavy atom. The third kappa shape index (κ3) is 6.23. The van der Waals surface area contributed by atoms with Gasteiger partial charge in [0.25, 0.3) is 5.91 Å². The minimum atomic E-state index is -0.896. The first-order valence-corrected chi connectivity index (χ1v) is 16.2. The van der Waals surface area contributed by atoms with Gasteiger partial charge in [-0.15, -0.1) is 0 Å². The van der Waals surface area contributed by atoms with Crippen LogP contribution < -0.4 is 20.4 Å². The molecule has 2 aromatic rings. The van der Waals surface area contributed by atoms with Crippen LogP contribution in [0.1, 0.15) is 56.5 Å². The van der Waals surface area contributed by atoms with E-state index < -0.39 is 24.2 Å². The molecule has 2 aromatic carbocycles. The molecule has 3 saturated carbocycles. The van der Waals surface area contributed by atoms with Crippen LogP contribution in [-0.2, 0) is 21.0 Å². The lowest BCUT2D eigenvalue weighted by Gasteiger charge is -2.62. The highest BCUT2D eigenvalue weighted by atomic mass is 16.7. The Kier molecular flexibility index (Phi) is 10.0. The average Bonchev–Trinajstić information content (AvgIpc) is 3.40. The zero-order chi connectivity index (χ0) is 33.5. The lowest BCUT2D eigenvalue weighted by Crippen LogP contribution is -2.62. The van der Waals surface area contributed by atoms with Gasteiger partial charge in [0.05, 0.1) is 33.5 Å². The number of ether oxygens (including phenoxy) is 1. The monoisotopic (exact) mass is 638 g/mol. The summed E-state index contributed by atoms with van der Waals surface area (Å²) in [6.07, 6.45) is 0.486. The van der Waals surface area contributed by atoms with Gasteiger partial charge in [-0.3, -0.25) is 19.3 Å². The number of methoxy groups -OCH3 is 1. The van der Waals surface area contributed by atoms with Crippen molar-refractivity contribution in [1.29, 1.82) is 0 Å². The molecule has 4 N–H and O–H groups in total. The van der Waals surface area contributed by atoms with Crippen molar-refractivity contribution in [2.75, 3.05) is 39.8 Å². The van der Waals surface area contributed by atoms with E-state index in [-0.39, 0.29) is 36.4 Å². The summed E-state index contributed by atoms with van der Waals surface area (Å²) in [7, 11) is 6.76. The van der Waals surface area contributed by atoms with Crippen molar-refractivity contribution in [2.24, 2.45) is 29.1 Å². The second kappa shape index (κ2) is 13.5. The zero-order valence-electron chi connectivity index (χ0n) is 28.2. The minimum absolute atomic E-state index is 0.0419. The van der Waals surface area contributed by atoms with Crippen molar-refractivity contribution >= 4 is 17.5 Å². The van der Waals surface area contributed by atoms with E-state index in [1.54, 1.807) is 31.2 Å². The van der Waals surface area contributed by atoms with E-state index in [1.165, 1.54) is 13.5 Å². The second-order valence-electron chi connectivity index (χ2n) is 14.0. The number of hydroxylamine groups is 3. The molecule has 4 aliphatic rings. The third-order valence-electron chi connectivity index (χ3n) is 10.9. The van der Waals surface area contributed by atoms with E-state index in [4.69, 9.17) is 14.4 Å². The molecule has 4 fully saturated rings. The molecule has 0 radical (unpaired) electrons. The van der Waals surface area contributed by atoms with E-state index in [1.807, 2.05) is 43.3 Å². The van der Waals surface area contributed by atoms with Crippen molar-refractivity contribution in [3.05, 3.63) is 47.5 Å². The molecule has 1 heterocycles. The highest BCUT2D eigenvalue weighted by Crippen LogP contribution is 2.61. The molecule has 2 bridgehead atoms. The van der Waals surface area contributed by atoms with Crippen LogP contribution in [0, 0.1) is 29.1 Å². The number of fused-ring (bicyclic) bond motifs is 2. The maximum Gasteiger partial charge on any atom is 0.274 e. The lowest BCUT2D eigenvalue weighted by atomic mass is 9.45. The van der Waals surface area contributed by atoms with Gasteiger partial charge < -0.3 is 25.2 Å². The van der Waals surface area contributed by atoms with Gasteiger partial charge in [-0.05, 0) is 66.7 Å². The van der Waals surface area contributed by atoms with E-state index in [9.17, 15) is 19.8 Å². The van der Waals surface area contributed by atoms with Crippen LogP contribution in [0.25, 0.3) is 11.1 Å². The maximum atomic E-state index is 14.1. The van der Waals surface area contributed by atoms with Gasteiger partial charge in [-0.1, -0.05) is 39.0 Å². The summed E-state index contributed by atoms with van der Waals surface area (Å²) in [5, 5.41) is 26.0. The number of hydrogen-bond donors (Lipinski definition) is 4. The largest absolute Gasteiger partial charge is 0.496 e. The van der Waals surface area contributed by atoms with E-state index in [0.717, 1.165) is 28.8 Å². The summed E-state index contributed by atoms with van der Waals surface area (Å²) in [5.74, 6) is 0.806. The van der Waals surface area contributed by atoms with Crippen LogP contribution in [0.4, 0.5) is 5.69 Å². The molecule has 6 rings (SSSR count). The Morgan fingerprint density at radius 1 is 1.17 bits per heavy atom. The number of hydrogen-bond acceptors (Lipinski definition) is 9. The van der Waals surface area contributed by atoms with E-state index in [0.29, 0.717) is 29.1 Å². The first-order valence-electron chi connectivity index (χ1n) is 16.2. The van der Waals surface area contributed by atoms with Gasteiger partial charge in [-0.25, -0.2) is 5.48 Å². The molecule has 11 heteroatoms. The van der Waals surface area contributed by atoms with Gasteiger partial charge in [0.2, 0.25) is 5.91 Å². The molecule has 1 saturated heterocycles. The fourth-order valence-electron chi connectivity index (χ4n) is 8.14. The van der Waals surface area contributed by atoms with Crippen LogP contribution >= 0.6 is 0 Å². The number of rotatable bonds is 11. The molecule has 46 heavy (non-hydrogen) atoms. The highest BCUT2D eigenvalue weighted by Gasteiger charge is 2.57. The fourth-order valence-corrected chi connectivity index (χ4v) is 8.14. The lowest BCUT2D eigenvalue weighted by molar-refractivity contribution is -0.183. The molecule has 0 aromatic heterocycles. The van der Waals surface area contributed by atoms with Crippen LogP contribution in [0.5, 0.6) is 5.75 Å². The van der Waals surface area contributed by atoms with Crippen LogP contribution in [0.3, 0.4) is 0 Å². The molecule has 11 nitrogen and oxygen atoms in total. The van der Waals surface area contributed by atoms with E-state index in [2.05, 4.69) is 31.6 Å². The number of para-hydroxylation sites is 1. The second-order valence-corrected chi connectivity index (χ2v) is 14.0. The van der Waals surface area contributed by atoms with Gasteiger partial charge in [0, 0.05) is 48.4 Å². The molecule has 3 aliphatic carbocycles. The summed E-state index contributed by atoms with van der Waals surface area (Å²) >= 11 is 0. The summed E-state index contributed by atoms with van der Waals surface area (Å²) in [6.45, 7) is 8.35. The molecule has 2 amide bonds. The molecule has 252 valence electrons. The Labute approximate surface area is 272 Å². The molecular weight excluding hydrogens is 588 g/mol. The quantitative estimate of drug-likeness (QED) is 0.274. The van der Waals surface area contributed by atoms with Crippen molar-refractivity contribution in [1.82, 2.24) is 15.9 Å². The zero-order valence-corrected chi connectivity index (χ0v) is 28.2. The SMILES string of the molecule is CONC(=O)c1cc(-c2cccc(CN3O[C@@H](CO)[C@@H]([C@H](C)O)[C@H]3C(=O)N[C@H]3C[C@H]4C[C@@H]([C@@H]3C)C4(C)C)c2OC)cc(N(C)C)c1.